The first-order chi connectivity index (χ1) is 10.1. The lowest BCUT2D eigenvalue weighted by Crippen LogP contribution is -2.25. The first-order valence-corrected chi connectivity index (χ1v) is 8.04. The van der Waals surface area contributed by atoms with Gasteiger partial charge < -0.3 is 11.1 Å². The molecule has 1 unspecified atom stereocenters. The van der Waals surface area contributed by atoms with E-state index in [9.17, 15) is 4.79 Å². The average Bonchev–Trinajstić information content (AvgIpc) is 2.81. The summed E-state index contributed by atoms with van der Waals surface area (Å²) in [6, 6.07) is 3.81. The Labute approximate surface area is 128 Å². The zero-order valence-electron chi connectivity index (χ0n) is 12.1. The van der Waals surface area contributed by atoms with Crippen LogP contribution in [0.2, 0.25) is 0 Å². The zero-order valence-corrected chi connectivity index (χ0v) is 12.9. The van der Waals surface area contributed by atoms with E-state index in [-0.39, 0.29) is 5.91 Å². The predicted octanol–water partition coefficient (Wildman–Crippen LogP) is 2.78. The molecule has 0 aliphatic heterocycles. The highest BCUT2D eigenvalue weighted by Crippen LogP contribution is 2.37. The molecule has 2 aromatic heterocycles. The fourth-order valence-corrected chi connectivity index (χ4v) is 4.07. The number of nitrogens with two attached hydrogens (primary N) is 1. The number of pyridine rings is 1. The van der Waals surface area contributed by atoms with Gasteiger partial charge in [0, 0.05) is 23.8 Å². The normalized spacial score (nSPS) is 17.3. The Kier molecular flexibility index (Phi) is 3.92. The molecule has 1 aliphatic rings. The van der Waals surface area contributed by atoms with Gasteiger partial charge in [0.25, 0.3) is 5.91 Å². The van der Waals surface area contributed by atoms with E-state index in [0.717, 1.165) is 24.8 Å². The monoisotopic (exact) mass is 301 g/mol. The SMILES string of the molecule is CC1CCc2c(sc(N)c2C(=O)NCc2cccnc2)C1. The number of hydrogen-bond donors (Lipinski definition) is 2. The molecular formula is C16H19N3OS. The van der Waals surface area contributed by atoms with Crippen LogP contribution in [0, 0.1) is 5.92 Å². The number of fused-ring (bicyclic) bond motifs is 1. The molecule has 0 aromatic carbocycles. The molecule has 0 spiro atoms. The largest absolute Gasteiger partial charge is 0.390 e. The van der Waals surface area contributed by atoms with Crippen LogP contribution in [-0.2, 0) is 19.4 Å². The van der Waals surface area contributed by atoms with Gasteiger partial charge in [0.1, 0.15) is 0 Å². The van der Waals surface area contributed by atoms with E-state index in [2.05, 4.69) is 17.2 Å². The minimum atomic E-state index is -0.0663. The number of nitrogen functional groups attached to an aromatic ring is 1. The molecule has 1 amide bonds. The van der Waals surface area contributed by atoms with Crippen LogP contribution in [0.25, 0.3) is 0 Å². The van der Waals surface area contributed by atoms with Crippen molar-refractivity contribution in [1.29, 1.82) is 0 Å². The summed E-state index contributed by atoms with van der Waals surface area (Å²) in [5, 5.41) is 3.60. The molecule has 0 radical (unpaired) electrons. The summed E-state index contributed by atoms with van der Waals surface area (Å²) in [5.41, 5.74) is 8.94. The summed E-state index contributed by atoms with van der Waals surface area (Å²) in [5.74, 6) is 0.616. The fraction of sp³-hybridized carbons (Fsp3) is 0.375. The van der Waals surface area contributed by atoms with Crippen molar-refractivity contribution < 1.29 is 4.79 Å². The smallest absolute Gasteiger partial charge is 0.254 e. The van der Waals surface area contributed by atoms with Crippen LogP contribution in [0.4, 0.5) is 5.00 Å². The Bertz CT molecular complexity index is 651. The molecular weight excluding hydrogens is 282 g/mol. The van der Waals surface area contributed by atoms with Crippen LogP contribution in [0.5, 0.6) is 0 Å². The molecule has 2 heterocycles. The molecule has 3 N–H and O–H groups in total. The van der Waals surface area contributed by atoms with E-state index in [4.69, 9.17) is 5.73 Å². The molecule has 0 bridgehead atoms. The van der Waals surface area contributed by atoms with Gasteiger partial charge in [-0.15, -0.1) is 11.3 Å². The number of nitrogens with one attached hydrogen (secondary N) is 1. The van der Waals surface area contributed by atoms with Crippen LogP contribution in [0.3, 0.4) is 0 Å². The summed E-state index contributed by atoms with van der Waals surface area (Å²) in [6.07, 6.45) is 6.61. The highest BCUT2D eigenvalue weighted by atomic mass is 32.1. The predicted molar refractivity (Wildman–Crippen MR) is 85.3 cm³/mol. The van der Waals surface area contributed by atoms with Crippen molar-refractivity contribution in [2.75, 3.05) is 5.73 Å². The van der Waals surface area contributed by atoms with E-state index >= 15 is 0 Å². The Morgan fingerprint density at radius 1 is 1.57 bits per heavy atom. The van der Waals surface area contributed by atoms with Crippen molar-refractivity contribution in [3.63, 3.8) is 0 Å². The van der Waals surface area contributed by atoms with Gasteiger partial charge in [-0.3, -0.25) is 9.78 Å². The maximum atomic E-state index is 12.4. The Balaban J connectivity index is 1.76. The Morgan fingerprint density at radius 2 is 2.43 bits per heavy atom. The second kappa shape index (κ2) is 5.85. The molecule has 4 nitrogen and oxygen atoms in total. The average molecular weight is 301 g/mol. The topological polar surface area (TPSA) is 68.0 Å². The van der Waals surface area contributed by atoms with Crippen LogP contribution < -0.4 is 11.1 Å². The minimum Gasteiger partial charge on any atom is -0.390 e. The zero-order chi connectivity index (χ0) is 14.8. The lowest BCUT2D eigenvalue weighted by atomic mass is 9.88. The minimum absolute atomic E-state index is 0.0663. The highest BCUT2D eigenvalue weighted by Gasteiger charge is 2.26. The summed E-state index contributed by atoms with van der Waals surface area (Å²) in [4.78, 5) is 17.8. The van der Waals surface area contributed by atoms with Crippen molar-refractivity contribution >= 4 is 22.2 Å². The molecule has 1 atom stereocenters. The third-order valence-electron chi connectivity index (χ3n) is 3.94. The third kappa shape index (κ3) is 2.93. The standard InChI is InChI=1S/C16H19N3OS/c1-10-4-5-12-13(7-10)21-15(17)14(12)16(20)19-9-11-3-2-6-18-8-11/h2-3,6,8,10H,4-5,7,9,17H2,1H3,(H,19,20). The number of nitrogens with zero attached hydrogens (tertiary/aromatic N) is 1. The number of thiophene rings is 1. The molecule has 21 heavy (non-hydrogen) atoms. The second-order valence-corrected chi connectivity index (χ2v) is 6.77. The number of amides is 1. The number of carbonyl (C=O) groups excluding carboxylic acids is 1. The quantitative estimate of drug-likeness (QED) is 0.916. The second-order valence-electron chi connectivity index (χ2n) is 5.63. The number of hydrogen-bond acceptors (Lipinski definition) is 4. The van der Waals surface area contributed by atoms with Gasteiger partial charge in [-0.25, -0.2) is 0 Å². The van der Waals surface area contributed by atoms with E-state index < -0.39 is 0 Å². The Morgan fingerprint density at radius 3 is 3.19 bits per heavy atom. The van der Waals surface area contributed by atoms with Gasteiger partial charge in [0.05, 0.1) is 10.6 Å². The van der Waals surface area contributed by atoms with Crippen LogP contribution in [0.15, 0.2) is 24.5 Å². The van der Waals surface area contributed by atoms with Crippen molar-refractivity contribution in [1.82, 2.24) is 10.3 Å². The van der Waals surface area contributed by atoms with Crippen molar-refractivity contribution in [2.24, 2.45) is 5.92 Å². The lowest BCUT2D eigenvalue weighted by molar-refractivity contribution is 0.0951. The van der Waals surface area contributed by atoms with Crippen molar-refractivity contribution in [3.05, 3.63) is 46.1 Å². The van der Waals surface area contributed by atoms with E-state index in [1.807, 2.05) is 12.1 Å². The van der Waals surface area contributed by atoms with E-state index in [1.54, 1.807) is 23.7 Å². The van der Waals surface area contributed by atoms with E-state index in [1.165, 1.54) is 10.4 Å². The number of aromatic nitrogens is 1. The molecule has 1 aliphatic carbocycles. The summed E-state index contributed by atoms with van der Waals surface area (Å²) < 4.78 is 0. The third-order valence-corrected chi connectivity index (χ3v) is 5.03. The van der Waals surface area contributed by atoms with Crippen molar-refractivity contribution in [3.8, 4) is 0 Å². The van der Waals surface area contributed by atoms with Gasteiger partial charge in [-0.05, 0) is 42.4 Å². The Hall–Kier alpha value is -1.88. The fourth-order valence-electron chi connectivity index (χ4n) is 2.79. The van der Waals surface area contributed by atoms with Crippen LogP contribution in [-0.4, -0.2) is 10.9 Å². The van der Waals surface area contributed by atoms with Gasteiger partial charge in [0.15, 0.2) is 0 Å². The maximum Gasteiger partial charge on any atom is 0.254 e. The summed E-state index contributed by atoms with van der Waals surface area (Å²) in [6.45, 7) is 2.73. The van der Waals surface area contributed by atoms with Gasteiger partial charge in [-0.2, -0.15) is 0 Å². The lowest BCUT2D eigenvalue weighted by Gasteiger charge is -2.18. The van der Waals surface area contributed by atoms with Gasteiger partial charge in [0.2, 0.25) is 0 Å². The molecule has 0 fully saturated rings. The molecule has 0 saturated carbocycles. The van der Waals surface area contributed by atoms with E-state index in [0.29, 0.717) is 23.0 Å². The number of carbonyl (C=O) groups is 1. The molecule has 2 aromatic rings. The van der Waals surface area contributed by atoms with Crippen LogP contribution in [0.1, 0.15) is 39.7 Å². The summed E-state index contributed by atoms with van der Waals surface area (Å²) in [7, 11) is 0. The van der Waals surface area contributed by atoms with Crippen molar-refractivity contribution in [2.45, 2.75) is 32.7 Å². The molecule has 5 heteroatoms. The number of rotatable bonds is 3. The number of anilines is 1. The summed E-state index contributed by atoms with van der Waals surface area (Å²) >= 11 is 1.58. The van der Waals surface area contributed by atoms with Gasteiger partial charge in [-0.1, -0.05) is 13.0 Å². The molecule has 0 saturated heterocycles. The first-order valence-electron chi connectivity index (χ1n) is 7.22. The highest BCUT2D eigenvalue weighted by molar-refractivity contribution is 7.16. The first kappa shape index (κ1) is 14.1. The van der Waals surface area contributed by atoms with Crippen LogP contribution >= 0.6 is 11.3 Å². The molecule has 3 rings (SSSR count). The maximum absolute atomic E-state index is 12.4. The molecule has 110 valence electrons. The van der Waals surface area contributed by atoms with Gasteiger partial charge >= 0.3 is 0 Å².